The van der Waals surface area contributed by atoms with E-state index in [1.165, 1.54) is 4.90 Å². The molecule has 1 aliphatic rings. The van der Waals surface area contributed by atoms with E-state index in [-0.39, 0.29) is 17.8 Å². The van der Waals surface area contributed by atoms with Gasteiger partial charge in [0.1, 0.15) is 6.04 Å². The van der Waals surface area contributed by atoms with Crippen LogP contribution in [-0.2, 0) is 9.59 Å². The molecule has 26 heavy (non-hydrogen) atoms. The van der Waals surface area contributed by atoms with Crippen LogP contribution in [-0.4, -0.2) is 31.7 Å². The smallest absolute Gasteiger partial charge is 0.294 e. The molecule has 7 heteroatoms. The number of amides is 1. The van der Waals surface area contributed by atoms with Crippen LogP contribution in [0.5, 0.6) is 0 Å². The van der Waals surface area contributed by atoms with Gasteiger partial charge in [0.15, 0.2) is 11.5 Å². The summed E-state index contributed by atoms with van der Waals surface area (Å²) in [6.07, 6.45) is 4.22. The summed E-state index contributed by atoms with van der Waals surface area (Å²) in [6.45, 7) is 1.89. The Bertz CT molecular complexity index is 1020. The number of Topliss-reactive ketones (excluding diaryl/α,β-unsaturated/α-hetero) is 1. The third-order valence-electron chi connectivity index (χ3n) is 4.58. The standard InChI is InChI=1S/C19H18N4O3/c1-2-4-15(24)16-17(13-5-3-8-20-13)23(19(26)18(16)25)11-6-7-12-14(9-11)22-10-21-12/h3,5-10,17,20,25H,2,4H2,1H3,(H,21,22). The number of nitrogens with zero attached hydrogens (tertiary/aromatic N) is 2. The van der Waals surface area contributed by atoms with Crippen LogP contribution in [0.25, 0.3) is 11.0 Å². The molecule has 1 atom stereocenters. The summed E-state index contributed by atoms with van der Waals surface area (Å²) in [4.78, 5) is 37.2. The molecule has 0 spiro atoms. The minimum Gasteiger partial charge on any atom is -0.503 e. The maximum Gasteiger partial charge on any atom is 0.294 e. The highest BCUT2D eigenvalue weighted by Crippen LogP contribution is 2.41. The fourth-order valence-electron chi connectivity index (χ4n) is 3.40. The molecule has 0 bridgehead atoms. The summed E-state index contributed by atoms with van der Waals surface area (Å²) in [5.74, 6) is -1.28. The summed E-state index contributed by atoms with van der Waals surface area (Å²) >= 11 is 0. The van der Waals surface area contributed by atoms with E-state index in [0.717, 1.165) is 11.0 Å². The van der Waals surface area contributed by atoms with Crippen LogP contribution in [0.15, 0.2) is 54.2 Å². The summed E-state index contributed by atoms with van der Waals surface area (Å²) in [6, 6.07) is 8.26. The van der Waals surface area contributed by atoms with Gasteiger partial charge in [-0.25, -0.2) is 4.98 Å². The minimum absolute atomic E-state index is 0.143. The molecule has 3 N–H and O–H groups in total. The van der Waals surface area contributed by atoms with Crippen molar-refractivity contribution in [2.75, 3.05) is 4.90 Å². The molecule has 7 nitrogen and oxygen atoms in total. The number of aromatic nitrogens is 3. The zero-order chi connectivity index (χ0) is 18.3. The van der Waals surface area contributed by atoms with Gasteiger partial charge in [0.25, 0.3) is 5.91 Å². The van der Waals surface area contributed by atoms with Gasteiger partial charge in [-0.3, -0.25) is 14.5 Å². The third-order valence-corrected chi connectivity index (χ3v) is 4.58. The van der Waals surface area contributed by atoms with Gasteiger partial charge < -0.3 is 15.1 Å². The fourth-order valence-corrected chi connectivity index (χ4v) is 3.40. The number of nitrogens with one attached hydrogen (secondary N) is 2. The third kappa shape index (κ3) is 2.40. The molecule has 3 aromatic rings. The minimum atomic E-state index is -0.683. The number of ketones is 1. The lowest BCUT2D eigenvalue weighted by molar-refractivity contribution is -0.118. The first-order valence-corrected chi connectivity index (χ1v) is 8.48. The number of aromatic amines is 2. The van der Waals surface area contributed by atoms with Crippen molar-refractivity contribution in [3.8, 4) is 0 Å². The van der Waals surface area contributed by atoms with E-state index in [0.29, 0.717) is 17.8 Å². The topological polar surface area (TPSA) is 102 Å². The van der Waals surface area contributed by atoms with Gasteiger partial charge in [0.05, 0.1) is 22.9 Å². The molecule has 0 aliphatic carbocycles. The van der Waals surface area contributed by atoms with E-state index < -0.39 is 17.7 Å². The van der Waals surface area contributed by atoms with Crippen molar-refractivity contribution in [1.82, 2.24) is 15.0 Å². The number of rotatable bonds is 5. The Morgan fingerprint density at radius 3 is 2.88 bits per heavy atom. The van der Waals surface area contributed by atoms with Gasteiger partial charge in [0.2, 0.25) is 0 Å². The van der Waals surface area contributed by atoms with Crippen LogP contribution in [0.3, 0.4) is 0 Å². The molecule has 4 rings (SSSR count). The Morgan fingerprint density at radius 2 is 2.15 bits per heavy atom. The quantitative estimate of drug-likeness (QED) is 0.658. The number of carbonyl (C=O) groups is 2. The maximum atomic E-state index is 12.8. The number of benzene rings is 1. The van der Waals surface area contributed by atoms with Crippen LogP contribution >= 0.6 is 0 Å². The highest BCUT2D eigenvalue weighted by molar-refractivity contribution is 6.16. The molecule has 132 valence electrons. The van der Waals surface area contributed by atoms with E-state index in [1.807, 2.05) is 6.92 Å². The average Bonchev–Trinajstić information content (AvgIpc) is 3.35. The van der Waals surface area contributed by atoms with Crippen molar-refractivity contribution in [1.29, 1.82) is 0 Å². The molecular weight excluding hydrogens is 332 g/mol. The van der Waals surface area contributed by atoms with Crippen molar-refractivity contribution in [2.45, 2.75) is 25.8 Å². The Labute approximate surface area is 149 Å². The van der Waals surface area contributed by atoms with Crippen molar-refractivity contribution >= 4 is 28.4 Å². The van der Waals surface area contributed by atoms with Gasteiger partial charge in [-0.05, 0) is 36.8 Å². The molecule has 0 saturated carbocycles. The molecule has 1 unspecified atom stereocenters. The van der Waals surface area contributed by atoms with Gasteiger partial charge >= 0.3 is 0 Å². The van der Waals surface area contributed by atoms with Crippen molar-refractivity contribution in [3.63, 3.8) is 0 Å². The van der Waals surface area contributed by atoms with Gasteiger partial charge in [-0.2, -0.15) is 0 Å². The first kappa shape index (κ1) is 16.1. The molecule has 1 amide bonds. The van der Waals surface area contributed by atoms with E-state index in [2.05, 4.69) is 15.0 Å². The second-order valence-electron chi connectivity index (χ2n) is 6.24. The summed E-state index contributed by atoms with van der Waals surface area (Å²) in [5, 5.41) is 10.5. The zero-order valence-corrected chi connectivity index (χ0v) is 14.2. The predicted octanol–water partition coefficient (Wildman–Crippen LogP) is 3.16. The lowest BCUT2D eigenvalue weighted by Crippen LogP contribution is -2.31. The lowest BCUT2D eigenvalue weighted by Gasteiger charge is -2.26. The van der Waals surface area contributed by atoms with Crippen LogP contribution in [0.2, 0.25) is 0 Å². The van der Waals surface area contributed by atoms with Crippen molar-refractivity contribution in [3.05, 3.63) is 59.9 Å². The Morgan fingerprint density at radius 1 is 1.31 bits per heavy atom. The van der Waals surface area contributed by atoms with Crippen molar-refractivity contribution in [2.24, 2.45) is 0 Å². The summed E-state index contributed by atoms with van der Waals surface area (Å²) in [7, 11) is 0. The van der Waals surface area contributed by atoms with Gasteiger partial charge in [0, 0.05) is 24.0 Å². The summed E-state index contributed by atoms with van der Waals surface area (Å²) < 4.78 is 0. The number of anilines is 1. The number of fused-ring (bicyclic) bond motifs is 1. The molecule has 0 saturated heterocycles. The van der Waals surface area contributed by atoms with Gasteiger partial charge in [-0.15, -0.1) is 0 Å². The van der Waals surface area contributed by atoms with Crippen LogP contribution in [0.1, 0.15) is 31.5 Å². The molecule has 3 heterocycles. The molecule has 1 aromatic carbocycles. The molecule has 1 aliphatic heterocycles. The second kappa shape index (κ2) is 6.18. The number of aliphatic hydroxyl groups is 1. The molecule has 0 fully saturated rings. The lowest BCUT2D eigenvalue weighted by atomic mass is 9.97. The maximum absolute atomic E-state index is 12.8. The fraction of sp³-hybridized carbons (Fsp3) is 0.211. The Balaban J connectivity index is 1.85. The first-order valence-electron chi connectivity index (χ1n) is 8.48. The molecular formula is C19H18N4O3. The SMILES string of the molecule is CCCC(=O)C1=C(O)C(=O)N(c2ccc3nc[nH]c3c2)C1c1ccc[nH]1. The highest BCUT2D eigenvalue weighted by atomic mass is 16.3. The number of H-pyrrole nitrogens is 2. The van der Waals surface area contributed by atoms with Crippen LogP contribution < -0.4 is 4.90 Å². The van der Waals surface area contributed by atoms with Gasteiger partial charge in [-0.1, -0.05) is 6.92 Å². The Hall–Kier alpha value is -3.35. The number of carbonyl (C=O) groups excluding carboxylic acids is 2. The molecule has 2 aromatic heterocycles. The summed E-state index contributed by atoms with van der Waals surface area (Å²) in [5.41, 5.74) is 2.94. The van der Waals surface area contributed by atoms with Crippen molar-refractivity contribution < 1.29 is 14.7 Å². The molecule has 0 radical (unpaired) electrons. The largest absolute Gasteiger partial charge is 0.503 e. The number of imidazole rings is 1. The van der Waals surface area contributed by atoms with E-state index in [4.69, 9.17) is 0 Å². The number of aliphatic hydroxyl groups excluding tert-OH is 1. The number of hydrogen-bond acceptors (Lipinski definition) is 4. The zero-order valence-electron chi connectivity index (χ0n) is 14.2. The first-order chi connectivity index (χ1) is 12.6. The number of hydrogen-bond donors (Lipinski definition) is 3. The second-order valence-corrected chi connectivity index (χ2v) is 6.24. The normalized spacial score (nSPS) is 17.5. The van der Waals surface area contributed by atoms with Crippen LogP contribution in [0.4, 0.5) is 5.69 Å². The average molecular weight is 350 g/mol. The van der Waals surface area contributed by atoms with E-state index in [9.17, 15) is 14.7 Å². The van der Waals surface area contributed by atoms with E-state index >= 15 is 0 Å². The van der Waals surface area contributed by atoms with E-state index in [1.54, 1.807) is 42.9 Å². The Kier molecular flexibility index (Phi) is 3.84. The monoisotopic (exact) mass is 350 g/mol. The predicted molar refractivity (Wildman–Crippen MR) is 96.7 cm³/mol. The highest BCUT2D eigenvalue weighted by Gasteiger charge is 2.44. The van der Waals surface area contributed by atoms with Crippen LogP contribution in [0, 0.1) is 0 Å².